The van der Waals surface area contributed by atoms with Crippen LogP contribution in [0.25, 0.3) is 0 Å². The number of hydrogen-bond donors (Lipinski definition) is 2. The third-order valence-electron chi connectivity index (χ3n) is 2.80. The summed E-state index contributed by atoms with van der Waals surface area (Å²) in [6.45, 7) is 10.5. The number of benzene rings is 1. The van der Waals surface area contributed by atoms with E-state index in [-0.39, 0.29) is 24.4 Å². The molecule has 0 spiro atoms. The lowest BCUT2D eigenvalue weighted by Crippen LogP contribution is -2.38. The van der Waals surface area contributed by atoms with Crippen LogP contribution in [0.3, 0.4) is 0 Å². The molecule has 0 bridgehead atoms. The largest absolute Gasteiger partial charge is 0.493 e. The predicted octanol–water partition coefficient (Wildman–Crippen LogP) is 2.87. The fourth-order valence-corrected chi connectivity index (χ4v) is 1.76. The van der Waals surface area contributed by atoms with E-state index >= 15 is 0 Å². The Balaban J connectivity index is 0.00000400. The first-order chi connectivity index (χ1) is 9.52. The van der Waals surface area contributed by atoms with Crippen LogP contribution in [0.2, 0.25) is 0 Å². The molecule has 0 aromatic heterocycles. The van der Waals surface area contributed by atoms with Crippen LogP contribution in [-0.4, -0.2) is 31.6 Å². The summed E-state index contributed by atoms with van der Waals surface area (Å²) in [7, 11) is 0. The molecule has 0 fully saturated rings. The number of carbonyl (C=O) groups excluding carboxylic acids is 1. The summed E-state index contributed by atoms with van der Waals surface area (Å²) in [6, 6.07) is 7.58. The van der Waals surface area contributed by atoms with E-state index in [0.29, 0.717) is 24.6 Å². The van der Waals surface area contributed by atoms with Crippen molar-refractivity contribution in [2.75, 3.05) is 19.7 Å². The molecular weight excluding hydrogens is 288 g/mol. The molecule has 1 atom stereocenters. The number of rotatable bonds is 8. The minimum atomic E-state index is -0.0650. The van der Waals surface area contributed by atoms with E-state index in [2.05, 4.69) is 24.5 Å². The fraction of sp³-hybridized carbons (Fsp3) is 0.562. The summed E-state index contributed by atoms with van der Waals surface area (Å²) in [5.74, 6) is 1.14. The molecule has 0 heterocycles. The van der Waals surface area contributed by atoms with Crippen LogP contribution in [-0.2, 0) is 0 Å². The number of halogens is 1. The van der Waals surface area contributed by atoms with Gasteiger partial charge in [0.2, 0.25) is 0 Å². The minimum absolute atomic E-state index is 0. The summed E-state index contributed by atoms with van der Waals surface area (Å²) in [4.78, 5) is 12.0. The lowest BCUT2D eigenvalue weighted by atomic mass is 10.2. The average molecular weight is 315 g/mol. The van der Waals surface area contributed by atoms with Gasteiger partial charge in [0, 0.05) is 18.2 Å². The second kappa shape index (κ2) is 10.5. The number of likely N-dealkylation sites (N-methyl/N-ethyl adjacent to an activating group) is 1. The number of hydrogen-bond acceptors (Lipinski definition) is 3. The summed E-state index contributed by atoms with van der Waals surface area (Å²) in [6.07, 6.45) is 0. The van der Waals surface area contributed by atoms with E-state index in [1.54, 1.807) is 12.1 Å². The molecule has 0 saturated heterocycles. The molecule has 0 aliphatic rings. The van der Waals surface area contributed by atoms with Crippen LogP contribution in [0, 0.1) is 5.92 Å². The molecule has 1 rings (SSSR count). The maximum absolute atomic E-state index is 12.0. The topological polar surface area (TPSA) is 50.4 Å². The molecule has 1 amide bonds. The highest BCUT2D eigenvalue weighted by molar-refractivity contribution is 5.94. The quantitative estimate of drug-likeness (QED) is 0.775. The molecule has 120 valence electrons. The monoisotopic (exact) mass is 314 g/mol. The SMILES string of the molecule is CCN[C@H](C)CNC(=O)c1cccc(OCC(C)C)c1.Cl. The average Bonchev–Trinajstić information content (AvgIpc) is 2.43. The standard InChI is InChI=1S/C16H26N2O2.ClH/c1-5-17-13(4)10-18-16(19)14-7-6-8-15(9-14)20-11-12(2)3;/h6-9,12-13,17H,5,10-11H2,1-4H3,(H,18,19);1H/t13-;/m1./s1. The van der Waals surface area contributed by atoms with Crippen LogP contribution < -0.4 is 15.4 Å². The number of amides is 1. The zero-order valence-corrected chi connectivity index (χ0v) is 14.1. The Labute approximate surface area is 134 Å². The number of nitrogens with one attached hydrogen (secondary N) is 2. The van der Waals surface area contributed by atoms with Gasteiger partial charge in [0.25, 0.3) is 5.91 Å². The van der Waals surface area contributed by atoms with Crippen molar-refractivity contribution in [2.24, 2.45) is 5.92 Å². The smallest absolute Gasteiger partial charge is 0.251 e. The van der Waals surface area contributed by atoms with E-state index in [1.807, 2.05) is 26.0 Å². The van der Waals surface area contributed by atoms with Crippen LogP contribution in [0.5, 0.6) is 5.75 Å². The lowest BCUT2D eigenvalue weighted by molar-refractivity contribution is 0.0949. The molecule has 0 unspecified atom stereocenters. The van der Waals surface area contributed by atoms with Crippen molar-refractivity contribution in [3.63, 3.8) is 0 Å². The van der Waals surface area contributed by atoms with Crippen LogP contribution >= 0.6 is 12.4 Å². The first kappa shape index (κ1) is 19.7. The molecular formula is C16H27ClN2O2. The molecule has 4 nitrogen and oxygen atoms in total. The molecule has 21 heavy (non-hydrogen) atoms. The van der Waals surface area contributed by atoms with Crippen molar-refractivity contribution in [2.45, 2.75) is 33.7 Å². The summed E-state index contributed by atoms with van der Waals surface area (Å²) in [5.41, 5.74) is 0.634. The fourth-order valence-electron chi connectivity index (χ4n) is 1.76. The van der Waals surface area contributed by atoms with Crippen LogP contribution in [0.4, 0.5) is 0 Å². The number of ether oxygens (including phenoxy) is 1. The van der Waals surface area contributed by atoms with E-state index in [0.717, 1.165) is 12.3 Å². The molecule has 0 aliphatic carbocycles. The third kappa shape index (κ3) is 7.93. The Hall–Kier alpha value is -1.26. The maximum atomic E-state index is 12.0. The highest BCUT2D eigenvalue weighted by atomic mass is 35.5. The zero-order valence-electron chi connectivity index (χ0n) is 13.3. The Bertz CT molecular complexity index is 424. The van der Waals surface area contributed by atoms with Gasteiger partial charge in [0.05, 0.1) is 6.61 Å². The molecule has 0 saturated carbocycles. The van der Waals surface area contributed by atoms with Crippen LogP contribution in [0.15, 0.2) is 24.3 Å². The Kier molecular flexibility index (Phi) is 9.84. The predicted molar refractivity (Wildman–Crippen MR) is 89.5 cm³/mol. The summed E-state index contributed by atoms with van der Waals surface area (Å²) < 4.78 is 5.63. The van der Waals surface area contributed by atoms with E-state index in [9.17, 15) is 4.79 Å². The second-order valence-corrected chi connectivity index (χ2v) is 5.40. The number of carbonyl (C=O) groups is 1. The van der Waals surface area contributed by atoms with E-state index in [1.165, 1.54) is 0 Å². The van der Waals surface area contributed by atoms with E-state index in [4.69, 9.17) is 4.74 Å². The molecule has 0 aliphatic heterocycles. The van der Waals surface area contributed by atoms with Gasteiger partial charge in [-0.1, -0.05) is 26.8 Å². The van der Waals surface area contributed by atoms with Gasteiger partial charge in [-0.2, -0.15) is 0 Å². The summed E-state index contributed by atoms with van der Waals surface area (Å²) in [5, 5.41) is 6.18. The van der Waals surface area contributed by atoms with Gasteiger partial charge in [0.15, 0.2) is 0 Å². The van der Waals surface area contributed by atoms with Gasteiger partial charge in [-0.25, -0.2) is 0 Å². The molecule has 2 N–H and O–H groups in total. The Morgan fingerprint density at radius 3 is 2.62 bits per heavy atom. The first-order valence-corrected chi connectivity index (χ1v) is 7.27. The van der Waals surface area contributed by atoms with Gasteiger partial charge in [-0.15, -0.1) is 12.4 Å². The molecule has 1 aromatic rings. The van der Waals surface area contributed by atoms with Gasteiger partial charge in [-0.05, 0) is 37.6 Å². The molecule has 1 aromatic carbocycles. The maximum Gasteiger partial charge on any atom is 0.251 e. The minimum Gasteiger partial charge on any atom is -0.493 e. The Morgan fingerprint density at radius 2 is 2.00 bits per heavy atom. The van der Waals surface area contributed by atoms with Crippen molar-refractivity contribution < 1.29 is 9.53 Å². The normalized spacial score (nSPS) is 11.7. The van der Waals surface area contributed by atoms with E-state index < -0.39 is 0 Å². The van der Waals surface area contributed by atoms with Crippen molar-refractivity contribution >= 4 is 18.3 Å². The second-order valence-electron chi connectivity index (χ2n) is 5.40. The Morgan fingerprint density at radius 1 is 1.29 bits per heavy atom. The van der Waals surface area contributed by atoms with Crippen molar-refractivity contribution in [3.8, 4) is 5.75 Å². The van der Waals surface area contributed by atoms with Crippen molar-refractivity contribution in [3.05, 3.63) is 29.8 Å². The summed E-state index contributed by atoms with van der Waals surface area (Å²) >= 11 is 0. The van der Waals surface area contributed by atoms with Gasteiger partial charge in [-0.3, -0.25) is 4.79 Å². The van der Waals surface area contributed by atoms with Gasteiger partial charge < -0.3 is 15.4 Å². The third-order valence-corrected chi connectivity index (χ3v) is 2.80. The van der Waals surface area contributed by atoms with Gasteiger partial charge >= 0.3 is 0 Å². The zero-order chi connectivity index (χ0) is 15.0. The van der Waals surface area contributed by atoms with Crippen LogP contribution in [0.1, 0.15) is 38.1 Å². The highest BCUT2D eigenvalue weighted by Gasteiger charge is 2.08. The first-order valence-electron chi connectivity index (χ1n) is 7.27. The lowest BCUT2D eigenvalue weighted by Gasteiger charge is -2.14. The van der Waals surface area contributed by atoms with Crippen molar-refractivity contribution in [1.82, 2.24) is 10.6 Å². The molecule has 0 radical (unpaired) electrons. The highest BCUT2D eigenvalue weighted by Crippen LogP contribution is 2.14. The molecule has 5 heteroatoms. The van der Waals surface area contributed by atoms with Crippen molar-refractivity contribution in [1.29, 1.82) is 0 Å². The van der Waals surface area contributed by atoms with Gasteiger partial charge in [0.1, 0.15) is 5.75 Å².